The number of halogens is 1. The van der Waals surface area contributed by atoms with Crippen molar-refractivity contribution < 1.29 is 18.7 Å². The second-order valence-electron chi connectivity index (χ2n) is 7.76. The monoisotopic (exact) mass is 444 g/mol. The Labute approximate surface area is 190 Å². The normalized spacial score (nSPS) is 12.9. The molecule has 5 rings (SSSR count). The van der Waals surface area contributed by atoms with E-state index in [-0.39, 0.29) is 18.5 Å². The summed E-state index contributed by atoms with van der Waals surface area (Å²) >= 11 is 0. The molecule has 1 amide bonds. The molecule has 0 unspecified atom stereocenters. The van der Waals surface area contributed by atoms with Crippen LogP contribution in [0.3, 0.4) is 0 Å². The number of carbonyl (C=O) groups excluding carboxylic acids is 1. The van der Waals surface area contributed by atoms with Crippen LogP contribution in [-0.4, -0.2) is 38.8 Å². The number of rotatable bonds is 6. The van der Waals surface area contributed by atoms with Gasteiger partial charge in [0.05, 0.1) is 17.5 Å². The minimum Gasteiger partial charge on any atom is -0.472 e. The van der Waals surface area contributed by atoms with Crippen LogP contribution in [0.25, 0.3) is 11.3 Å². The zero-order valence-electron chi connectivity index (χ0n) is 17.9. The molecule has 8 heteroatoms. The van der Waals surface area contributed by atoms with Gasteiger partial charge in [0.2, 0.25) is 0 Å². The van der Waals surface area contributed by atoms with E-state index in [0.29, 0.717) is 35.8 Å². The van der Waals surface area contributed by atoms with E-state index in [4.69, 9.17) is 9.47 Å². The molecule has 0 aliphatic carbocycles. The van der Waals surface area contributed by atoms with Gasteiger partial charge in [-0.2, -0.15) is 5.10 Å². The van der Waals surface area contributed by atoms with Crippen molar-refractivity contribution in [3.63, 3.8) is 0 Å². The smallest absolute Gasteiger partial charge is 0.260 e. The summed E-state index contributed by atoms with van der Waals surface area (Å²) in [6, 6.07) is 15.1. The molecule has 1 aliphatic heterocycles. The Morgan fingerprint density at radius 2 is 1.91 bits per heavy atom. The summed E-state index contributed by atoms with van der Waals surface area (Å²) in [7, 11) is 1.85. The highest BCUT2D eigenvalue weighted by molar-refractivity contribution is 5.98. The number of carbonyl (C=O) groups is 1. The van der Waals surface area contributed by atoms with Gasteiger partial charge >= 0.3 is 0 Å². The first kappa shape index (κ1) is 20.7. The number of benzene rings is 2. The number of nitrogens with zero attached hydrogens (tertiary/aromatic N) is 4. The van der Waals surface area contributed by atoms with E-state index in [1.165, 1.54) is 12.1 Å². The van der Waals surface area contributed by atoms with E-state index in [1.54, 1.807) is 58.4 Å². The number of aryl methyl sites for hydroxylation is 1. The van der Waals surface area contributed by atoms with Crippen molar-refractivity contribution in [2.75, 3.05) is 13.3 Å². The molecule has 0 fully saturated rings. The van der Waals surface area contributed by atoms with Gasteiger partial charge in [-0.3, -0.25) is 14.5 Å². The Morgan fingerprint density at radius 3 is 2.70 bits per heavy atom. The fourth-order valence-electron chi connectivity index (χ4n) is 3.65. The molecule has 0 radical (unpaired) electrons. The number of amides is 1. The summed E-state index contributed by atoms with van der Waals surface area (Å²) in [5.74, 6) is 1.24. The number of hydrogen-bond acceptors (Lipinski definition) is 5. The van der Waals surface area contributed by atoms with Crippen LogP contribution in [0, 0.1) is 5.82 Å². The van der Waals surface area contributed by atoms with Crippen LogP contribution in [0.1, 0.15) is 15.9 Å². The quantitative estimate of drug-likeness (QED) is 0.440. The van der Waals surface area contributed by atoms with Gasteiger partial charge in [0.1, 0.15) is 23.1 Å². The third kappa shape index (κ3) is 4.55. The lowest BCUT2D eigenvalue weighted by Crippen LogP contribution is -2.39. The molecular formula is C25H21FN4O3. The van der Waals surface area contributed by atoms with E-state index in [0.717, 1.165) is 16.8 Å². The molecule has 0 saturated carbocycles. The summed E-state index contributed by atoms with van der Waals surface area (Å²) in [6.45, 7) is 0.639. The average Bonchev–Trinajstić information content (AvgIpc) is 3.27. The minimum atomic E-state index is -0.278. The third-order valence-electron chi connectivity index (χ3n) is 5.40. The van der Waals surface area contributed by atoms with Crippen molar-refractivity contribution in [3.8, 4) is 28.5 Å². The van der Waals surface area contributed by atoms with Gasteiger partial charge in [-0.05, 0) is 48.4 Å². The fraction of sp³-hybridized carbons (Fsp3) is 0.160. The summed E-state index contributed by atoms with van der Waals surface area (Å²) in [6.07, 6.45) is 5.89. The Balaban J connectivity index is 1.30. The van der Waals surface area contributed by atoms with Crippen LogP contribution in [0.4, 0.5) is 4.39 Å². The van der Waals surface area contributed by atoms with Crippen LogP contribution in [0.2, 0.25) is 0 Å². The Morgan fingerprint density at radius 1 is 1.09 bits per heavy atom. The lowest BCUT2D eigenvalue weighted by atomic mass is 10.1. The van der Waals surface area contributed by atoms with Gasteiger partial charge in [-0.25, -0.2) is 4.39 Å². The Hall–Kier alpha value is -4.20. The number of aromatic nitrogens is 3. The number of fused-ring (bicyclic) bond motifs is 1. The van der Waals surface area contributed by atoms with Crippen molar-refractivity contribution in [2.24, 2.45) is 7.05 Å². The molecule has 0 atom stereocenters. The van der Waals surface area contributed by atoms with Crippen molar-refractivity contribution >= 4 is 5.91 Å². The Bertz CT molecular complexity index is 1300. The maximum absolute atomic E-state index is 13.1. The second kappa shape index (κ2) is 8.74. The maximum Gasteiger partial charge on any atom is 0.260 e. The zero-order chi connectivity index (χ0) is 22.8. The summed E-state index contributed by atoms with van der Waals surface area (Å²) in [4.78, 5) is 19.0. The highest BCUT2D eigenvalue weighted by Gasteiger charge is 2.26. The summed E-state index contributed by atoms with van der Waals surface area (Å²) in [5, 5.41) is 4.17. The largest absolute Gasteiger partial charge is 0.472 e. The lowest BCUT2D eigenvalue weighted by molar-refractivity contribution is 0.0524. The molecule has 0 bridgehead atoms. The molecule has 4 aromatic rings. The van der Waals surface area contributed by atoms with E-state index in [2.05, 4.69) is 10.1 Å². The van der Waals surface area contributed by atoms with Gasteiger partial charge in [-0.15, -0.1) is 0 Å². The summed E-state index contributed by atoms with van der Waals surface area (Å²) in [5.41, 5.74) is 3.02. The van der Waals surface area contributed by atoms with E-state index >= 15 is 0 Å². The van der Waals surface area contributed by atoms with Crippen molar-refractivity contribution in [1.29, 1.82) is 0 Å². The first-order valence-corrected chi connectivity index (χ1v) is 10.5. The minimum absolute atomic E-state index is 0.130. The molecule has 166 valence electrons. The predicted molar refractivity (Wildman–Crippen MR) is 120 cm³/mol. The molecule has 1 aliphatic rings. The second-order valence-corrected chi connectivity index (χ2v) is 7.76. The lowest BCUT2D eigenvalue weighted by Gasteiger charge is -2.29. The highest BCUT2D eigenvalue weighted by Crippen LogP contribution is 2.32. The van der Waals surface area contributed by atoms with E-state index in [1.807, 2.05) is 19.3 Å². The molecular weight excluding hydrogens is 423 g/mol. The van der Waals surface area contributed by atoms with Crippen LogP contribution in [0.5, 0.6) is 17.2 Å². The van der Waals surface area contributed by atoms with Gasteiger partial charge in [0, 0.05) is 37.6 Å². The number of pyridine rings is 1. The SMILES string of the molecule is Cn1cc(-c2cc(Oc3ccc4c(c3)C(=O)N(CCc3ccc(F)cc3)CO4)ccn2)cn1. The molecule has 2 aromatic carbocycles. The van der Waals surface area contributed by atoms with Crippen LogP contribution in [-0.2, 0) is 13.5 Å². The highest BCUT2D eigenvalue weighted by atomic mass is 19.1. The summed E-state index contributed by atoms with van der Waals surface area (Å²) < 4.78 is 26.6. The van der Waals surface area contributed by atoms with E-state index in [9.17, 15) is 9.18 Å². The standard InChI is InChI=1S/C25H21FN4O3/c1-29-15-18(14-28-29)23-13-21(8-10-27-23)33-20-6-7-24-22(12-20)25(31)30(16-32-24)11-9-17-2-4-19(26)5-3-17/h2-8,10,12-15H,9,11,16H2,1H3. The van der Waals surface area contributed by atoms with Crippen molar-refractivity contribution in [2.45, 2.75) is 6.42 Å². The predicted octanol–water partition coefficient (Wildman–Crippen LogP) is 4.45. The van der Waals surface area contributed by atoms with Crippen LogP contribution >= 0.6 is 0 Å². The molecule has 7 nitrogen and oxygen atoms in total. The first-order chi connectivity index (χ1) is 16.0. The van der Waals surface area contributed by atoms with Crippen molar-refractivity contribution in [1.82, 2.24) is 19.7 Å². The van der Waals surface area contributed by atoms with Crippen LogP contribution in [0.15, 0.2) is 73.2 Å². The third-order valence-corrected chi connectivity index (χ3v) is 5.40. The zero-order valence-corrected chi connectivity index (χ0v) is 17.9. The van der Waals surface area contributed by atoms with Gasteiger partial charge in [0.25, 0.3) is 5.91 Å². The first-order valence-electron chi connectivity index (χ1n) is 10.5. The molecule has 0 saturated heterocycles. The van der Waals surface area contributed by atoms with Crippen molar-refractivity contribution in [3.05, 3.63) is 90.1 Å². The molecule has 0 spiro atoms. The molecule has 0 N–H and O–H groups in total. The average molecular weight is 444 g/mol. The molecule has 2 aromatic heterocycles. The van der Waals surface area contributed by atoms with Gasteiger partial charge < -0.3 is 14.4 Å². The van der Waals surface area contributed by atoms with E-state index < -0.39 is 0 Å². The topological polar surface area (TPSA) is 69.5 Å². The maximum atomic E-state index is 13.1. The number of ether oxygens (including phenoxy) is 2. The molecule has 3 heterocycles. The van der Waals surface area contributed by atoms with Crippen LogP contribution < -0.4 is 9.47 Å². The van der Waals surface area contributed by atoms with Gasteiger partial charge in [-0.1, -0.05) is 12.1 Å². The Kier molecular flexibility index (Phi) is 5.48. The van der Waals surface area contributed by atoms with Gasteiger partial charge in [0.15, 0.2) is 6.73 Å². The number of hydrogen-bond donors (Lipinski definition) is 0. The molecule has 33 heavy (non-hydrogen) atoms. The fourth-order valence-corrected chi connectivity index (χ4v) is 3.65.